The first kappa shape index (κ1) is 13.0. The monoisotopic (exact) mass is 243 g/mol. The zero-order valence-corrected chi connectivity index (χ0v) is 10.3. The van der Waals surface area contributed by atoms with Crippen LogP contribution >= 0.6 is 0 Å². The van der Waals surface area contributed by atoms with Crippen LogP contribution in [0.1, 0.15) is 12.5 Å². The molecule has 1 unspecified atom stereocenters. The topological polar surface area (TPSA) is 66.4 Å². The van der Waals surface area contributed by atoms with Gasteiger partial charge in [0.1, 0.15) is 9.84 Å². The zero-order valence-electron chi connectivity index (χ0n) is 9.47. The summed E-state index contributed by atoms with van der Waals surface area (Å²) in [6, 6.07) is 7.12. The number of aliphatic hydroxyl groups is 1. The molecule has 0 spiro atoms. The Morgan fingerprint density at radius 3 is 2.31 bits per heavy atom. The van der Waals surface area contributed by atoms with Gasteiger partial charge >= 0.3 is 0 Å². The molecule has 0 bridgehead atoms. The highest BCUT2D eigenvalue weighted by molar-refractivity contribution is 7.90. The maximum Gasteiger partial charge on any atom is 0.149 e. The first-order valence-corrected chi connectivity index (χ1v) is 7.11. The number of benzene rings is 1. The minimum absolute atomic E-state index is 0.0131. The smallest absolute Gasteiger partial charge is 0.149 e. The summed E-state index contributed by atoms with van der Waals surface area (Å²) >= 11 is 0. The van der Waals surface area contributed by atoms with E-state index in [1.54, 1.807) is 12.1 Å². The third-order valence-electron chi connectivity index (χ3n) is 2.10. The molecule has 0 aliphatic carbocycles. The van der Waals surface area contributed by atoms with E-state index in [1.165, 1.54) is 6.26 Å². The van der Waals surface area contributed by atoms with Gasteiger partial charge in [0.2, 0.25) is 0 Å². The second-order valence-corrected chi connectivity index (χ2v) is 6.18. The van der Waals surface area contributed by atoms with E-state index in [1.807, 2.05) is 19.1 Å². The van der Waals surface area contributed by atoms with E-state index in [0.717, 1.165) is 11.3 Å². The summed E-state index contributed by atoms with van der Waals surface area (Å²) < 4.78 is 22.1. The van der Waals surface area contributed by atoms with Crippen LogP contribution in [0.5, 0.6) is 0 Å². The molecule has 0 heterocycles. The predicted octanol–water partition coefficient (Wildman–Crippen LogP) is 1.02. The lowest BCUT2D eigenvalue weighted by Gasteiger charge is -2.14. The summed E-state index contributed by atoms with van der Waals surface area (Å²) in [5, 5.41) is 12.0. The number of hydrogen-bond acceptors (Lipinski definition) is 4. The van der Waals surface area contributed by atoms with Crippen LogP contribution in [0, 0.1) is 0 Å². The molecule has 1 atom stereocenters. The normalized spacial score (nSPS) is 13.4. The fraction of sp³-hybridized carbons (Fsp3) is 0.455. The maximum atomic E-state index is 11.1. The Kier molecular flexibility index (Phi) is 4.32. The molecule has 0 radical (unpaired) electrons. The largest absolute Gasteiger partial charge is 0.392 e. The summed E-state index contributed by atoms with van der Waals surface area (Å²) in [4.78, 5) is 0. The SMILES string of the molecule is CC(CS(C)(=O)=O)Nc1ccc(CO)cc1. The molecule has 5 heteroatoms. The van der Waals surface area contributed by atoms with Crippen molar-refractivity contribution in [2.24, 2.45) is 0 Å². The molecule has 0 aliphatic rings. The highest BCUT2D eigenvalue weighted by Gasteiger charge is 2.09. The Bertz CT molecular complexity index is 425. The Labute approximate surface area is 96.2 Å². The van der Waals surface area contributed by atoms with E-state index in [4.69, 9.17) is 5.11 Å². The number of rotatable bonds is 5. The van der Waals surface area contributed by atoms with Gasteiger partial charge in [-0.1, -0.05) is 12.1 Å². The van der Waals surface area contributed by atoms with Crippen LogP contribution in [0.3, 0.4) is 0 Å². The van der Waals surface area contributed by atoms with Gasteiger partial charge in [-0.2, -0.15) is 0 Å². The van der Waals surface area contributed by atoms with Crippen molar-refractivity contribution in [2.45, 2.75) is 19.6 Å². The van der Waals surface area contributed by atoms with Crippen LogP contribution < -0.4 is 5.32 Å². The van der Waals surface area contributed by atoms with Gasteiger partial charge < -0.3 is 10.4 Å². The highest BCUT2D eigenvalue weighted by atomic mass is 32.2. The van der Waals surface area contributed by atoms with E-state index >= 15 is 0 Å². The number of aliphatic hydroxyl groups excluding tert-OH is 1. The van der Waals surface area contributed by atoms with Crippen molar-refractivity contribution in [3.8, 4) is 0 Å². The second kappa shape index (κ2) is 5.32. The van der Waals surface area contributed by atoms with Crippen molar-refractivity contribution in [2.75, 3.05) is 17.3 Å². The van der Waals surface area contributed by atoms with Crippen molar-refractivity contribution in [1.82, 2.24) is 0 Å². The summed E-state index contributed by atoms with van der Waals surface area (Å²) in [6.07, 6.45) is 1.22. The summed E-state index contributed by atoms with van der Waals surface area (Å²) in [7, 11) is -2.96. The van der Waals surface area contributed by atoms with Crippen LogP contribution in [0.2, 0.25) is 0 Å². The van der Waals surface area contributed by atoms with E-state index < -0.39 is 9.84 Å². The fourth-order valence-corrected chi connectivity index (χ4v) is 2.48. The van der Waals surface area contributed by atoms with Crippen molar-refractivity contribution in [3.05, 3.63) is 29.8 Å². The van der Waals surface area contributed by atoms with Gasteiger partial charge in [0.05, 0.1) is 12.4 Å². The summed E-state index contributed by atoms with van der Waals surface area (Å²) in [6.45, 7) is 1.83. The van der Waals surface area contributed by atoms with E-state index in [2.05, 4.69) is 5.32 Å². The zero-order chi connectivity index (χ0) is 12.2. The third-order valence-corrected chi connectivity index (χ3v) is 3.21. The lowest BCUT2D eigenvalue weighted by Crippen LogP contribution is -2.24. The van der Waals surface area contributed by atoms with Crippen LogP contribution in [0.25, 0.3) is 0 Å². The number of sulfone groups is 1. The lowest BCUT2D eigenvalue weighted by molar-refractivity contribution is 0.282. The summed E-state index contributed by atoms with van der Waals surface area (Å²) in [5.41, 5.74) is 1.69. The molecule has 2 N–H and O–H groups in total. The summed E-state index contributed by atoms with van der Waals surface area (Å²) in [5.74, 6) is 0.106. The molecule has 1 aromatic carbocycles. The van der Waals surface area contributed by atoms with Crippen LogP contribution in [-0.2, 0) is 16.4 Å². The van der Waals surface area contributed by atoms with Gasteiger partial charge in [0.25, 0.3) is 0 Å². The number of anilines is 1. The predicted molar refractivity (Wildman–Crippen MR) is 65.2 cm³/mol. The van der Waals surface area contributed by atoms with Gasteiger partial charge in [-0.25, -0.2) is 8.42 Å². The molecule has 1 rings (SSSR count). The molecule has 4 nitrogen and oxygen atoms in total. The quantitative estimate of drug-likeness (QED) is 0.810. The first-order chi connectivity index (χ1) is 7.40. The first-order valence-electron chi connectivity index (χ1n) is 5.05. The van der Waals surface area contributed by atoms with Crippen LogP contribution in [-0.4, -0.2) is 31.6 Å². The Hall–Kier alpha value is -1.07. The van der Waals surface area contributed by atoms with Crippen molar-refractivity contribution in [1.29, 1.82) is 0 Å². The number of hydrogen-bond donors (Lipinski definition) is 2. The second-order valence-electron chi connectivity index (χ2n) is 3.99. The average Bonchev–Trinajstić information content (AvgIpc) is 2.16. The molecular weight excluding hydrogens is 226 g/mol. The van der Waals surface area contributed by atoms with Gasteiger partial charge in [0.15, 0.2) is 0 Å². The van der Waals surface area contributed by atoms with Crippen LogP contribution in [0.15, 0.2) is 24.3 Å². The molecule has 0 fully saturated rings. The van der Waals surface area contributed by atoms with E-state index in [0.29, 0.717) is 0 Å². The highest BCUT2D eigenvalue weighted by Crippen LogP contribution is 2.11. The van der Waals surface area contributed by atoms with E-state index in [-0.39, 0.29) is 18.4 Å². The lowest BCUT2D eigenvalue weighted by atomic mass is 10.2. The Morgan fingerprint density at radius 1 is 1.31 bits per heavy atom. The Morgan fingerprint density at radius 2 is 1.88 bits per heavy atom. The molecule has 0 saturated heterocycles. The van der Waals surface area contributed by atoms with Crippen molar-refractivity contribution < 1.29 is 13.5 Å². The molecule has 0 saturated carbocycles. The van der Waals surface area contributed by atoms with Gasteiger partial charge in [-0.15, -0.1) is 0 Å². The molecule has 16 heavy (non-hydrogen) atoms. The average molecular weight is 243 g/mol. The van der Waals surface area contributed by atoms with Gasteiger partial charge in [0, 0.05) is 18.0 Å². The van der Waals surface area contributed by atoms with Crippen molar-refractivity contribution in [3.63, 3.8) is 0 Å². The number of nitrogens with one attached hydrogen (secondary N) is 1. The molecular formula is C11H17NO3S. The van der Waals surface area contributed by atoms with E-state index in [9.17, 15) is 8.42 Å². The molecule has 1 aromatic rings. The van der Waals surface area contributed by atoms with Crippen molar-refractivity contribution >= 4 is 15.5 Å². The minimum Gasteiger partial charge on any atom is -0.392 e. The molecule has 90 valence electrons. The molecule has 0 aliphatic heterocycles. The van der Waals surface area contributed by atoms with Crippen LogP contribution in [0.4, 0.5) is 5.69 Å². The molecule has 0 amide bonds. The van der Waals surface area contributed by atoms with Gasteiger partial charge in [-0.3, -0.25) is 0 Å². The standard InChI is InChI=1S/C11H17NO3S/c1-9(8-16(2,14)15)12-11-5-3-10(7-13)4-6-11/h3-6,9,12-13H,7-8H2,1-2H3. The molecule has 0 aromatic heterocycles. The Balaban J connectivity index is 2.59. The minimum atomic E-state index is -2.96. The third kappa shape index (κ3) is 4.63. The maximum absolute atomic E-state index is 11.1. The fourth-order valence-electron chi connectivity index (χ4n) is 1.49. The van der Waals surface area contributed by atoms with Gasteiger partial charge in [-0.05, 0) is 24.6 Å².